The van der Waals surface area contributed by atoms with Crippen LogP contribution in [0.2, 0.25) is 5.02 Å². The zero-order valence-electron chi connectivity index (χ0n) is 15.2. The number of rotatable bonds is 2. The van der Waals surface area contributed by atoms with Crippen molar-refractivity contribution in [2.75, 3.05) is 0 Å². The molecule has 0 fully saturated rings. The SMILES string of the molecule is CC(C)(C)c1cc(Cl)c(OC(=O)c2ccccc2)c(C(C)(C)C)c1. The summed E-state index contributed by atoms with van der Waals surface area (Å²) in [6, 6.07) is 12.9. The molecule has 0 aliphatic rings. The average Bonchev–Trinajstić information content (AvgIpc) is 2.47. The third-order valence-corrected chi connectivity index (χ3v) is 4.20. The number of ether oxygens (including phenoxy) is 1. The Morgan fingerprint density at radius 3 is 2.00 bits per heavy atom. The van der Waals surface area contributed by atoms with Gasteiger partial charge in [-0.15, -0.1) is 0 Å². The van der Waals surface area contributed by atoms with E-state index in [1.54, 1.807) is 12.1 Å². The number of carbonyl (C=O) groups excluding carboxylic acids is 1. The van der Waals surface area contributed by atoms with Crippen LogP contribution in [0.25, 0.3) is 0 Å². The molecule has 0 aliphatic carbocycles. The van der Waals surface area contributed by atoms with E-state index in [9.17, 15) is 4.79 Å². The largest absolute Gasteiger partial charge is 0.421 e. The highest BCUT2D eigenvalue weighted by molar-refractivity contribution is 6.32. The van der Waals surface area contributed by atoms with Crippen molar-refractivity contribution >= 4 is 17.6 Å². The minimum atomic E-state index is -0.397. The summed E-state index contributed by atoms with van der Waals surface area (Å²) in [4.78, 5) is 12.4. The highest BCUT2D eigenvalue weighted by Crippen LogP contribution is 2.41. The number of hydrogen-bond donors (Lipinski definition) is 0. The summed E-state index contributed by atoms with van der Waals surface area (Å²) in [6.45, 7) is 12.7. The van der Waals surface area contributed by atoms with Crippen LogP contribution in [-0.4, -0.2) is 5.97 Å². The van der Waals surface area contributed by atoms with Crippen LogP contribution in [0.1, 0.15) is 63.0 Å². The highest BCUT2D eigenvalue weighted by atomic mass is 35.5. The predicted octanol–water partition coefficient (Wildman–Crippen LogP) is 6.15. The summed E-state index contributed by atoms with van der Waals surface area (Å²) in [6.07, 6.45) is 0. The molecule has 2 aromatic rings. The van der Waals surface area contributed by atoms with Gasteiger partial charge in [-0.05, 0) is 34.6 Å². The van der Waals surface area contributed by atoms with Gasteiger partial charge in [-0.2, -0.15) is 0 Å². The maximum absolute atomic E-state index is 12.4. The van der Waals surface area contributed by atoms with Crippen molar-refractivity contribution in [2.24, 2.45) is 0 Å². The second-order valence-electron chi connectivity index (χ2n) is 8.09. The lowest BCUT2D eigenvalue weighted by Gasteiger charge is -2.27. The van der Waals surface area contributed by atoms with E-state index in [0.29, 0.717) is 16.3 Å². The van der Waals surface area contributed by atoms with Gasteiger partial charge in [0.25, 0.3) is 0 Å². The van der Waals surface area contributed by atoms with Crippen molar-refractivity contribution in [2.45, 2.75) is 52.4 Å². The van der Waals surface area contributed by atoms with Crippen LogP contribution in [0.15, 0.2) is 42.5 Å². The van der Waals surface area contributed by atoms with Gasteiger partial charge in [-0.25, -0.2) is 4.79 Å². The Bertz CT molecular complexity index is 735. The molecule has 0 atom stereocenters. The molecule has 0 unspecified atom stereocenters. The Morgan fingerprint density at radius 1 is 0.917 bits per heavy atom. The molecule has 0 N–H and O–H groups in total. The smallest absolute Gasteiger partial charge is 0.343 e. The molecule has 0 aliphatic heterocycles. The van der Waals surface area contributed by atoms with E-state index in [-0.39, 0.29) is 10.8 Å². The van der Waals surface area contributed by atoms with Gasteiger partial charge in [-0.3, -0.25) is 0 Å². The van der Waals surface area contributed by atoms with Crippen molar-refractivity contribution in [3.8, 4) is 5.75 Å². The van der Waals surface area contributed by atoms with Crippen LogP contribution in [0, 0.1) is 0 Å². The first kappa shape index (κ1) is 18.5. The summed E-state index contributed by atoms with van der Waals surface area (Å²) in [5.41, 5.74) is 2.33. The molecule has 3 heteroatoms. The second-order valence-corrected chi connectivity index (χ2v) is 8.50. The van der Waals surface area contributed by atoms with E-state index >= 15 is 0 Å². The molecule has 128 valence electrons. The van der Waals surface area contributed by atoms with Gasteiger partial charge < -0.3 is 4.74 Å². The minimum absolute atomic E-state index is 0.0361. The summed E-state index contributed by atoms with van der Waals surface area (Å²) < 4.78 is 5.69. The van der Waals surface area contributed by atoms with Gasteiger partial charge in [0.05, 0.1) is 10.6 Å². The molecule has 0 saturated heterocycles. The van der Waals surface area contributed by atoms with Crippen LogP contribution < -0.4 is 4.74 Å². The molecule has 2 rings (SSSR count). The lowest BCUT2D eigenvalue weighted by atomic mass is 9.80. The number of carbonyl (C=O) groups is 1. The summed E-state index contributed by atoms with van der Waals surface area (Å²) in [7, 11) is 0. The van der Waals surface area contributed by atoms with Crippen LogP contribution in [0.4, 0.5) is 0 Å². The molecule has 0 bridgehead atoms. The fraction of sp³-hybridized carbons (Fsp3) is 0.381. The molecule has 0 heterocycles. The van der Waals surface area contributed by atoms with Gasteiger partial charge in [0.15, 0.2) is 5.75 Å². The van der Waals surface area contributed by atoms with E-state index in [1.807, 2.05) is 24.3 Å². The average molecular weight is 345 g/mol. The molecule has 24 heavy (non-hydrogen) atoms. The summed E-state index contributed by atoms with van der Waals surface area (Å²) in [5.74, 6) is 0.0533. The maximum atomic E-state index is 12.4. The fourth-order valence-electron chi connectivity index (χ4n) is 2.41. The lowest BCUT2D eigenvalue weighted by molar-refractivity contribution is 0.0732. The first-order valence-electron chi connectivity index (χ1n) is 8.12. The molecule has 0 saturated carbocycles. The van der Waals surface area contributed by atoms with Crippen molar-refractivity contribution < 1.29 is 9.53 Å². The fourth-order valence-corrected chi connectivity index (χ4v) is 2.67. The minimum Gasteiger partial charge on any atom is -0.421 e. The van der Waals surface area contributed by atoms with Crippen LogP contribution >= 0.6 is 11.6 Å². The second kappa shape index (κ2) is 6.60. The van der Waals surface area contributed by atoms with E-state index in [4.69, 9.17) is 16.3 Å². The van der Waals surface area contributed by atoms with Crippen molar-refractivity contribution in [3.63, 3.8) is 0 Å². The van der Waals surface area contributed by atoms with Gasteiger partial charge in [0, 0.05) is 5.56 Å². The standard InChI is InChI=1S/C21H25ClO2/c1-20(2,3)15-12-16(21(4,5)6)18(17(22)13-15)24-19(23)14-10-8-7-9-11-14/h7-13H,1-6H3. The summed E-state index contributed by atoms with van der Waals surface area (Å²) in [5, 5.41) is 0.469. The molecular formula is C21H25ClO2. The van der Waals surface area contributed by atoms with Crippen LogP contribution in [0.3, 0.4) is 0 Å². The molecule has 0 aromatic heterocycles. The topological polar surface area (TPSA) is 26.3 Å². The van der Waals surface area contributed by atoms with E-state index < -0.39 is 5.97 Å². The Labute approximate surface area is 149 Å². The molecule has 0 spiro atoms. The quantitative estimate of drug-likeness (QED) is 0.482. The monoisotopic (exact) mass is 344 g/mol. The molecule has 2 nitrogen and oxygen atoms in total. The molecule has 0 amide bonds. The first-order chi connectivity index (χ1) is 11.0. The van der Waals surface area contributed by atoms with Crippen molar-refractivity contribution in [1.29, 1.82) is 0 Å². The Hall–Kier alpha value is -1.80. The van der Waals surface area contributed by atoms with E-state index in [2.05, 4.69) is 47.6 Å². The number of benzene rings is 2. The van der Waals surface area contributed by atoms with Crippen LogP contribution in [-0.2, 0) is 10.8 Å². The Balaban J connectivity index is 2.51. The van der Waals surface area contributed by atoms with Gasteiger partial charge >= 0.3 is 5.97 Å². The predicted molar refractivity (Wildman–Crippen MR) is 100 cm³/mol. The number of esters is 1. The zero-order chi connectivity index (χ0) is 18.1. The van der Waals surface area contributed by atoms with Gasteiger partial charge in [-0.1, -0.05) is 77.4 Å². The zero-order valence-corrected chi connectivity index (χ0v) is 16.0. The molecular weight excluding hydrogens is 320 g/mol. The summed E-state index contributed by atoms with van der Waals surface area (Å²) >= 11 is 6.50. The van der Waals surface area contributed by atoms with Gasteiger partial charge in [0.2, 0.25) is 0 Å². The van der Waals surface area contributed by atoms with Gasteiger partial charge in [0.1, 0.15) is 0 Å². The van der Waals surface area contributed by atoms with E-state index in [0.717, 1.165) is 11.1 Å². The maximum Gasteiger partial charge on any atom is 0.343 e. The normalized spacial score (nSPS) is 12.1. The Kier molecular flexibility index (Phi) is 5.10. The van der Waals surface area contributed by atoms with Crippen LogP contribution in [0.5, 0.6) is 5.75 Å². The van der Waals surface area contributed by atoms with Crippen molar-refractivity contribution in [3.05, 3.63) is 64.2 Å². The molecule has 2 aromatic carbocycles. The van der Waals surface area contributed by atoms with Crippen molar-refractivity contribution in [1.82, 2.24) is 0 Å². The molecule has 0 radical (unpaired) electrons. The third-order valence-electron chi connectivity index (χ3n) is 3.92. The third kappa shape index (κ3) is 4.18. The number of hydrogen-bond acceptors (Lipinski definition) is 2. The van der Waals surface area contributed by atoms with E-state index in [1.165, 1.54) is 0 Å². The lowest BCUT2D eigenvalue weighted by Crippen LogP contribution is -2.19. The Morgan fingerprint density at radius 2 is 1.50 bits per heavy atom. The highest BCUT2D eigenvalue weighted by Gasteiger charge is 2.27. The number of halogens is 1. The first-order valence-corrected chi connectivity index (χ1v) is 8.49.